The van der Waals surface area contributed by atoms with Gasteiger partial charge < -0.3 is 5.32 Å². The van der Waals surface area contributed by atoms with Gasteiger partial charge in [-0.05, 0) is 50.4 Å². The summed E-state index contributed by atoms with van der Waals surface area (Å²) in [6.07, 6.45) is 4.38. The largest absolute Gasteiger partial charge is 0.309 e. The fraction of sp³-hybridized carbons (Fsp3) is 0.438. The molecule has 1 heterocycles. The van der Waals surface area contributed by atoms with Gasteiger partial charge in [-0.3, -0.25) is 0 Å². The van der Waals surface area contributed by atoms with Crippen LogP contribution < -0.4 is 5.32 Å². The molecule has 3 rings (SSSR count). The van der Waals surface area contributed by atoms with Crippen molar-refractivity contribution < 1.29 is 4.39 Å². The molecule has 1 unspecified atom stereocenters. The van der Waals surface area contributed by atoms with Gasteiger partial charge in [-0.1, -0.05) is 18.5 Å². The average Bonchev–Trinajstić information content (AvgIpc) is 2.89. The van der Waals surface area contributed by atoms with Gasteiger partial charge in [0.1, 0.15) is 10.8 Å². The molecule has 1 N–H and O–H groups in total. The molecule has 21 heavy (non-hydrogen) atoms. The number of nitrogens with one attached hydrogen (secondary N) is 1. The number of aromatic nitrogens is 1. The maximum atomic E-state index is 14.1. The molecular formula is C16H18ClFN2S. The molecule has 0 aliphatic heterocycles. The van der Waals surface area contributed by atoms with Crippen molar-refractivity contribution in [3.63, 3.8) is 0 Å². The molecule has 112 valence electrons. The van der Waals surface area contributed by atoms with Gasteiger partial charge in [-0.2, -0.15) is 0 Å². The summed E-state index contributed by atoms with van der Waals surface area (Å²) in [7, 11) is 0. The third kappa shape index (κ3) is 3.12. The van der Waals surface area contributed by atoms with Crippen LogP contribution in [-0.2, 0) is 6.42 Å². The highest BCUT2D eigenvalue weighted by molar-refractivity contribution is 7.15. The highest BCUT2D eigenvalue weighted by Gasteiger charge is 2.25. The van der Waals surface area contributed by atoms with Gasteiger partial charge in [-0.15, -0.1) is 11.3 Å². The van der Waals surface area contributed by atoms with Gasteiger partial charge in [-0.25, -0.2) is 9.37 Å². The Bertz CT molecular complexity index is 641. The van der Waals surface area contributed by atoms with E-state index < -0.39 is 0 Å². The van der Waals surface area contributed by atoms with Gasteiger partial charge in [0.15, 0.2) is 0 Å². The first-order chi connectivity index (χ1) is 10.2. The van der Waals surface area contributed by atoms with E-state index in [2.05, 4.69) is 17.2 Å². The Hall–Kier alpha value is -0.970. The Balaban J connectivity index is 1.94. The third-order valence-corrected chi connectivity index (χ3v) is 5.23. The number of nitrogens with zero attached hydrogens (tertiary/aromatic N) is 1. The van der Waals surface area contributed by atoms with Crippen LogP contribution in [0.2, 0.25) is 5.02 Å². The van der Waals surface area contributed by atoms with Crippen molar-refractivity contribution in [3.8, 4) is 10.6 Å². The first-order valence-corrected chi connectivity index (χ1v) is 8.57. The second-order valence-corrected chi connectivity index (χ2v) is 6.82. The first-order valence-electron chi connectivity index (χ1n) is 7.37. The maximum Gasteiger partial charge on any atom is 0.134 e. The van der Waals surface area contributed by atoms with E-state index in [1.807, 2.05) is 0 Å². The molecule has 1 atom stereocenters. The Labute approximate surface area is 133 Å². The van der Waals surface area contributed by atoms with Gasteiger partial charge in [0.2, 0.25) is 0 Å². The summed E-state index contributed by atoms with van der Waals surface area (Å²) in [5.41, 5.74) is 1.68. The fourth-order valence-electron chi connectivity index (χ4n) is 2.71. The lowest BCUT2D eigenvalue weighted by molar-refractivity contribution is 0.465. The molecule has 0 radical (unpaired) electrons. The first kappa shape index (κ1) is 14.9. The normalized spacial score (nSPS) is 17.8. The van der Waals surface area contributed by atoms with Gasteiger partial charge in [0.25, 0.3) is 0 Å². The Morgan fingerprint density at radius 1 is 1.48 bits per heavy atom. The summed E-state index contributed by atoms with van der Waals surface area (Å²) in [5, 5.41) is 4.75. The molecule has 0 spiro atoms. The zero-order valence-electron chi connectivity index (χ0n) is 12.0. The van der Waals surface area contributed by atoms with Crippen LogP contribution in [0.25, 0.3) is 10.6 Å². The molecular weight excluding hydrogens is 307 g/mol. The number of aryl methyl sites for hydroxylation is 1. The van der Waals surface area contributed by atoms with Crippen LogP contribution in [0.4, 0.5) is 4.39 Å². The summed E-state index contributed by atoms with van der Waals surface area (Å²) in [6, 6.07) is 5.16. The minimum absolute atomic E-state index is 0.299. The van der Waals surface area contributed by atoms with E-state index in [-0.39, 0.29) is 5.82 Å². The highest BCUT2D eigenvalue weighted by Crippen LogP contribution is 2.38. The maximum absolute atomic E-state index is 14.1. The van der Waals surface area contributed by atoms with E-state index in [0.717, 1.165) is 42.9 Å². The van der Waals surface area contributed by atoms with Gasteiger partial charge in [0, 0.05) is 21.5 Å². The molecule has 1 aliphatic carbocycles. The zero-order chi connectivity index (χ0) is 14.8. The third-order valence-electron chi connectivity index (χ3n) is 3.75. The van der Waals surface area contributed by atoms with E-state index in [1.165, 1.54) is 10.9 Å². The monoisotopic (exact) mass is 324 g/mol. The summed E-state index contributed by atoms with van der Waals surface area (Å²) in [4.78, 5) is 5.94. The molecule has 1 aliphatic rings. The van der Waals surface area contributed by atoms with Crippen molar-refractivity contribution in [2.75, 3.05) is 6.54 Å². The SMILES string of the molecule is CCCNC1CCCc2nc(-c3ccc(Cl)cc3F)sc21. The van der Waals surface area contributed by atoms with Crippen LogP contribution in [0.15, 0.2) is 18.2 Å². The molecule has 1 aromatic heterocycles. The lowest BCUT2D eigenvalue weighted by Crippen LogP contribution is -2.24. The van der Waals surface area contributed by atoms with Crippen LogP contribution in [0, 0.1) is 5.82 Å². The van der Waals surface area contributed by atoms with Crippen molar-refractivity contribution in [3.05, 3.63) is 39.6 Å². The number of rotatable bonds is 4. The molecule has 0 amide bonds. The Morgan fingerprint density at radius 3 is 3.10 bits per heavy atom. The van der Waals surface area contributed by atoms with Crippen molar-refractivity contribution in [2.45, 2.75) is 38.6 Å². The van der Waals surface area contributed by atoms with Crippen LogP contribution in [-0.4, -0.2) is 11.5 Å². The summed E-state index contributed by atoms with van der Waals surface area (Å²) in [6.45, 7) is 3.17. The molecule has 0 saturated heterocycles. The number of benzene rings is 1. The predicted molar refractivity (Wildman–Crippen MR) is 86.5 cm³/mol. The Morgan fingerprint density at radius 2 is 2.33 bits per heavy atom. The fourth-order valence-corrected chi connectivity index (χ4v) is 4.12. The zero-order valence-corrected chi connectivity index (χ0v) is 13.5. The van der Waals surface area contributed by atoms with Crippen molar-refractivity contribution >= 4 is 22.9 Å². The number of fused-ring (bicyclic) bond motifs is 1. The van der Waals surface area contributed by atoms with E-state index in [4.69, 9.17) is 11.6 Å². The van der Waals surface area contributed by atoms with Crippen LogP contribution in [0.3, 0.4) is 0 Å². The molecule has 2 nitrogen and oxygen atoms in total. The number of hydrogen-bond donors (Lipinski definition) is 1. The van der Waals surface area contributed by atoms with Crippen molar-refractivity contribution in [1.29, 1.82) is 0 Å². The summed E-state index contributed by atoms with van der Waals surface area (Å²) >= 11 is 7.43. The lowest BCUT2D eigenvalue weighted by atomic mass is 9.98. The second kappa shape index (κ2) is 6.42. The minimum atomic E-state index is -0.299. The second-order valence-electron chi connectivity index (χ2n) is 5.35. The van der Waals surface area contributed by atoms with Crippen LogP contribution in [0.1, 0.15) is 42.8 Å². The summed E-state index contributed by atoms with van der Waals surface area (Å²) < 4.78 is 14.1. The highest BCUT2D eigenvalue weighted by atomic mass is 35.5. The van der Waals surface area contributed by atoms with Crippen LogP contribution in [0.5, 0.6) is 0 Å². The summed E-state index contributed by atoms with van der Waals surface area (Å²) in [5.74, 6) is -0.299. The Kier molecular flexibility index (Phi) is 4.57. The number of halogens is 2. The van der Waals surface area contributed by atoms with Gasteiger partial charge in [0.05, 0.1) is 5.69 Å². The number of thiazole rings is 1. The van der Waals surface area contributed by atoms with Gasteiger partial charge >= 0.3 is 0 Å². The van der Waals surface area contributed by atoms with E-state index >= 15 is 0 Å². The van der Waals surface area contributed by atoms with Crippen molar-refractivity contribution in [2.24, 2.45) is 0 Å². The molecule has 0 saturated carbocycles. The quantitative estimate of drug-likeness (QED) is 0.858. The van der Waals surface area contributed by atoms with E-state index in [9.17, 15) is 4.39 Å². The van der Waals surface area contributed by atoms with Crippen molar-refractivity contribution in [1.82, 2.24) is 10.3 Å². The number of hydrogen-bond acceptors (Lipinski definition) is 3. The molecule has 5 heteroatoms. The average molecular weight is 325 g/mol. The molecule has 1 aromatic carbocycles. The van der Waals surface area contributed by atoms with Crippen LogP contribution >= 0.6 is 22.9 Å². The topological polar surface area (TPSA) is 24.9 Å². The van der Waals surface area contributed by atoms with E-state index in [1.54, 1.807) is 23.5 Å². The standard InChI is InChI=1S/C16H18ClFN2S/c1-2-8-19-13-4-3-5-14-15(13)21-16(20-14)11-7-6-10(17)9-12(11)18/h6-7,9,13,19H,2-5,8H2,1H3. The molecule has 0 bridgehead atoms. The minimum Gasteiger partial charge on any atom is -0.309 e. The lowest BCUT2D eigenvalue weighted by Gasteiger charge is -2.22. The predicted octanol–water partition coefficient (Wildman–Crippen LogP) is 4.98. The molecule has 0 fully saturated rings. The van der Waals surface area contributed by atoms with E-state index in [0.29, 0.717) is 16.6 Å². The smallest absolute Gasteiger partial charge is 0.134 e. The molecule has 2 aromatic rings.